The van der Waals surface area contributed by atoms with Crippen molar-refractivity contribution in [3.63, 3.8) is 0 Å². The maximum Gasteiger partial charge on any atom is 2.00 e. The molecule has 3 heteroatoms. The predicted molar refractivity (Wildman–Crippen MR) is 114 cm³/mol. The molecule has 0 aromatic heterocycles. The first-order valence-corrected chi connectivity index (χ1v) is 8.00. The molecule has 0 atom stereocenters. The van der Waals surface area contributed by atoms with Gasteiger partial charge in [-0.3, -0.25) is 4.79 Å². The molecule has 2 nitrogen and oxygen atoms in total. The minimum Gasteiger partial charge on any atom is -0.497 e. The summed E-state index contributed by atoms with van der Waals surface area (Å²) in [7, 11) is 1.64. The zero-order valence-corrected chi connectivity index (χ0v) is 17.3. The van der Waals surface area contributed by atoms with Gasteiger partial charge in [-0.2, -0.15) is 0 Å². The fourth-order valence-electron chi connectivity index (χ4n) is 2.18. The molecule has 144 valence electrons. The van der Waals surface area contributed by atoms with Crippen LogP contribution in [0.15, 0.2) is 90.6 Å². The van der Waals surface area contributed by atoms with Gasteiger partial charge in [0.2, 0.25) is 0 Å². The maximum atomic E-state index is 11.7. The molecule has 1 aromatic rings. The number of hydrogen-bond donors (Lipinski definition) is 0. The summed E-state index contributed by atoms with van der Waals surface area (Å²) in [6, 6.07) is 7.76. The zero-order chi connectivity index (χ0) is 17.0. The van der Waals surface area contributed by atoms with Gasteiger partial charge in [0.1, 0.15) is 5.75 Å². The number of methoxy groups -OCH3 is 1. The van der Waals surface area contributed by atoms with Gasteiger partial charge in [-0.15, -0.1) is 0 Å². The molecular formula is C24H28FeO2. The van der Waals surface area contributed by atoms with Crippen molar-refractivity contribution in [1.29, 1.82) is 0 Å². The van der Waals surface area contributed by atoms with Crippen LogP contribution in [0, 0.1) is 14.9 Å². The first-order valence-electron chi connectivity index (χ1n) is 8.00. The Balaban J connectivity index is 0. The molecule has 0 heterocycles. The monoisotopic (exact) mass is 404 g/mol. The van der Waals surface area contributed by atoms with Crippen molar-refractivity contribution in [2.75, 3.05) is 7.11 Å². The number of benzene rings is 1. The minimum atomic E-state index is 0. The van der Waals surface area contributed by atoms with Gasteiger partial charge in [0.05, 0.1) is 7.11 Å². The second kappa shape index (κ2) is 15.9. The third-order valence-electron chi connectivity index (χ3n) is 3.48. The Morgan fingerprint density at radius 2 is 1.78 bits per heavy atom. The molecule has 0 radical (unpaired) electrons. The molecule has 1 aromatic carbocycles. The van der Waals surface area contributed by atoms with Crippen LogP contribution >= 0.6 is 0 Å². The van der Waals surface area contributed by atoms with Crippen LogP contribution in [0.3, 0.4) is 0 Å². The van der Waals surface area contributed by atoms with Gasteiger partial charge in [0.25, 0.3) is 0 Å². The van der Waals surface area contributed by atoms with Crippen LogP contribution in [0.4, 0.5) is 0 Å². The zero-order valence-electron chi connectivity index (χ0n) is 16.2. The SMILES string of the molecule is C1=CCC=C1.COc1cccc(/C=C/C=C/C(=O)C2=CC=CC2)c1.[CH3-].[CH3-].[Fe+2]. The van der Waals surface area contributed by atoms with E-state index in [2.05, 4.69) is 24.3 Å². The Hall–Kier alpha value is -2.35. The molecule has 2 aliphatic rings. The van der Waals surface area contributed by atoms with Gasteiger partial charge in [-0.05, 0) is 36.6 Å². The fourth-order valence-corrected chi connectivity index (χ4v) is 2.18. The normalized spacial score (nSPS) is 13.3. The Morgan fingerprint density at radius 1 is 1.04 bits per heavy atom. The van der Waals surface area contributed by atoms with Crippen LogP contribution in [0.5, 0.6) is 5.75 Å². The predicted octanol–water partition coefficient (Wildman–Crippen LogP) is 6.12. The van der Waals surface area contributed by atoms with Crippen molar-refractivity contribution in [3.05, 3.63) is 111 Å². The van der Waals surface area contributed by atoms with Gasteiger partial charge in [-0.1, -0.05) is 72.9 Å². The van der Waals surface area contributed by atoms with Crippen molar-refractivity contribution in [2.24, 2.45) is 0 Å². The van der Waals surface area contributed by atoms with E-state index in [0.717, 1.165) is 29.7 Å². The van der Waals surface area contributed by atoms with Crippen LogP contribution in [-0.4, -0.2) is 12.9 Å². The van der Waals surface area contributed by atoms with Gasteiger partial charge in [0.15, 0.2) is 5.78 Å². The van der Waals surface area contributed by atoms with E-state index in [1.54, 1.807) is 19.3 Å². The smallest absolute Gasteiger partial charge is 0.497 e. The Labute approximate surface area is 175 Å². The molecular weight excluding hydrogens is 376 g/mol. The van der Waals surface area contributed by atoms with Gasteiger partial charge < -0.3 is 19.6 Å². The molecule has 0 saturated heterocycles. The van der Waals surface area contributed by atoms with Crippen LogP contribution in [0.1, 0.15) is 18.4 Å². The number of ketones is 1. The molecule has 0 bridgehead atoms. The van der Waals surface area contributed by atoms with Crippen LogP contribution < -0.4 is 4.74 Å². The molecule has 0 spiro atoms. The van der Waals surface area contributed by atoms with E-state index in [1.807, 2.05) is 54.6 Å². The topological polar surface area (TPSA) is 26.3 Å². The van der Waals surface area contributed by atoms with E-state index in [4.69, 9.17) is 4.74 Å². The van der Waals surface area contributed by atoms with E-state index in [9.17, 15) is 4.79 Å². The summed E-state index contributed by atoms with van der Waals surface area (Å²) in [4.78, 5) is 11.7. The summed E-state index contributed by atoms with van der Waals surface area (Å²) < 4.78 is 5.15. The summed E-state index contributed by atoms with van der Waals surface area (Å²) in [5, 5.41) is 0. The van der Waals surface area contributed by atoms with Crippen molar-refractivity contribution in [3.8, 4) is 5.75 Å². The van der Waals surface area contributed by atoms with Crippen LogP contribution in [0.25, 0.3) is 6.08 Å². The largest absolute Gasteiger partial charge is 2.00 e. The van der Waals surface area contributed by atoms with E-state index >= 15 is 0 Å². The fraction of sp³-hybridized carbons (Fsp3) is 0.125. The van der Waals surface area contributed by atoms with Crippen LogP contribution in [0.2, 0.25) is 0 Å². The third kappa shape index (κ3) is 10.4. The summed E-state index contributed by atoms with van der Waals surface area (Å²) >= 11 is 0. The number of rotatable bonds is 5. The molecule has 0 N–H and O–H groups in total. The molecule has 0 fully saturated rings. The standard InChI is InChI=1S/C17H16O2.C5H6.2CH3.Fe/c1-19-16-11-6-8-14(13-16)7-2-5-12-17(18)15-9-3-4-10-15;1-2-4-5-3-1;;;/h2-9,11-13H,10H2,1H3;1-4H,5H2;2*1H3;/q;;2*-1;+2/b7-2+,12-5+;;;;. The molecule has 0 unspecified atom stereocenters. The third-order valence-corrected chi connectivity index (χ3v) is 3.48. The number of hydrogen-bond acceptors (Lipinski definition) is 2. The maximum absolute atomic E-state index is 11.7. The van der Waals surface area contributed by atoms with Crippen LogP contribution in [-0.2, 0) is 21.9 Å². The molecule has 0 amide bonds. The molecule has 27 heavy (non-hydrogen) atoms. The van der Waals surface area contributed by atoms with E-state index in [-0.39, 0.29) is 37.7 Å². The quantitative estimate of drug-likeness (QED) is 0.256. The molecule has 0 saturated carbocycles. The summed E-state index contributed by atoms with van der Waals surface area (Å²) in [6.07, 6.45) is 23.1. The first-order chi connectivity index (χ1) is 11.8. The van der Waals surface area contributed by atoms with Crippen molar-refractivity contribution < 1.29 is 26.6 Å². The van der Waals surface area contributed by atoms with Gasteiger partial charge in [0, 0.05) is 5.57 Å². The van der Waals surface area contributed by atoms with Crippen molar-refractivity contribution in [2.45, 2.75) is 12.8 Å². The number of carbonyl (C=O) groups is 1. The number of carbonyl (C=O) groups excluding carboxylic acids is 1. The van der Waals surface area contributed by atoms with Gasteiger partial charge in [-0.25, -0.2) is 0 Å². The average molecular weight is 404 g/mol. The second-order valence-electron chi connectivity index (χ2n) is 5.28. The summed E-state index contributed by atoms with van der Waals surface area (Å²) in [5.74, 6) is 0.893. The first kappa shape index (κ1) is 26.9. The number of allylic oxidation sites excluding steroid dienone is 11. The second-order valence-corrected chi connectivity index (χ2v) is 5.28. The van der Waals surface area contributed by atoms with E-state index in [1.165, 1.54) is 0 Å². The summed E-state index contributed by atoms with van der Waals surface area (Å²) in [5.41, 5.74) is 1.88. The Bertz CT molecular complexity index is 725. The molecule has 2 aliphatic carbocycles. The van der Waals surface area contributed by atoms with Gasteiger partial charge >= 0.3 is 17.1 Å². The molecule has 3 rings (SSSR count). The molecule has 0 aliphatic heterocycles. The minimum absolute atomic E-state index is 0. The Morgan fingerprint density at radius 3 is 2.33 bits per heavy atom. The van der Waals surface area contributed by atoms with E-state index < -0.39 is 0 Å². The average Bonchev–Trinajstić information content (AvgIpc) is 3.35. The van der Waals surface area contributed by atoms with Crippen molar-refractivity contribution >= 4 is 11.9 Å². The van der Waals surface area contributed by atoms with E-state index in [0.29, 0.717) is 0 Å². The van der Waals surface area contributed by atoms with Crippen molar-refractivity contribution in [1.82, 2.24) is 0 Å². The Kier molecular flexibility index (Phi) is 15.8. The summed E-state index contributed by atoms with van der Waals surface area (Å²) in [6.45, 7) is 0. The number of ether oxygens (including phenoxy) is 1.